The van der Waals surface area contributed by atoms with E-state index in [1.165, 1.54) is 0 Å². The zero-order valence-electron chi connectivity index (χ0n) is 20.4. The molecule has 0 unspecified atom stereocenters. The van der Waals surface area contributed by atoms with Crippen LogP contribution in [0.2, 0.25) is 0 Å². The molecule has 0 radical (unpaired) electrons. The molecule has 0 bridgehead atoms. The number of hydrogen-bond donors (Lipinski definition) is 3. The van der Waals surface area contributed by atoms with Crippen LogP contribution in [0.1, 0.15) is 18.9 Å². The topological polar surface area (TPSA) is 140 Å². The maximum Gasteiger partial charge on any atom is 0.261 e. The lowest BCUT2D eigenvalue weighted by molar-refractivity contribution is 0.0662. The molecule has 38 heavy (non-hydrogen) atoms. The van der Waals surface area contributed by atoms with Gasteiger partial charge in [0, 0.05) is 59.4 Å². The number of nitrogens with one attached hydrogen (secondary N) is 2. The number of nitrogen functional groups attached to an aromatic ring is 1. The molecule has 4 aromatic heterocycles. The van der Waals surface area contributed by atoms with Crippen LogP contribution in [0.15, 0.2) is 72.2 Å². The van der Waals surface area contributed by atoms with Crippen molar-refractivity contribution in [3.8, 4) is 33.6 Å². The van der Waals surface area contributed by atoms with Gasteiger partial charge in [-0.2, -0.15) is 10.2 Å². The third kappa shape index (κ3) is 3.65. The lowest BCUT2D eigenvalue weighted by atomic mass is 9.93. The minimum Gasteiger partial charge on any atom is -0.398 e. The molecule has 4 N–H and O–H groups in total. The molecule has 1 aliphatic heterocycles. The second-order valence-corrected chi connectivity index (χ2v) is 9.45. The molecular weight excluding hydrogens is 480 g/mol. The summed E-state index contributed by atoms with van der Waals surface area (Å²) in [5, 5.41) is 13.2. The molecule has 0 saturated carbocycles. The number of aromatic nitrogens is 7. The Balaban J connectivity index is 1.50. The van der Waals surface area contributed by atoms with Gasteiger partial charge in [0.25, 0.3) is 5.56 Å². The Morgan fingerprint density at radius 1 is 1.00 bits per heavy atom. The molecule has 0 amide bonds. The van der Waals surface area contributed by atoms with Gasteiger partial charge in [-0.3, -0.25) is 19.6 Å². The van der Waals surface area contributed by atoms with Crippen LogP contribution in [0.25, 0.3) is 55.4 Å². The highest BCUT2D eigenvalue weighted by atomic mass is 16.5. The molecule has 0 aliphatic carbocycles. The van der Waals surface area contributed by atoms with Gasteiger partial charge < -0.3 is 15.5 Å². The number of fused-ring (bicyclic) bond motifs is 2. The van der Waals surface area contributed by atoms with Crippen molar-refractivity contribution in [2.24, 2.45) is 0 Å². The van der Waals surface area contributed by atoms with Crippen molar-refractivity contribution >= 4 is 27.5 Å². The number of aromatic amines is 2. The quantitative estimate of drug-likeness (QED) is 0.304. The van der Waals surface area contributed by atoms with Crippen LogP contribution in [0.3, 0.4) is 0 Å². The number of hydrogen-bond acceptors (Lipinski definition) is 7. The first kappa shape index (κ1) is 22.4. The van der Waals surface area contributed by atoms with Gasteiger partial charge in [0.1, 0.15) is 5.82 Å². The van der Waals surface area contributed by atoms with E-state index in [1.807, 2.05) is 53.5 Å². The molecule has 6 aromatic rings. The fourth-order valence-electron chi connectivity index (χ4n) is 5.26. The van der Waals surface area contributed by atoms with Crippen LogP contribution in [0, 0.1) is 0 Å². The molecule has 10 heteroatoms. The lowest BCUT2D eigenvalue weighted by Crippen LogP contribution is -2.19. The van der Waals surface area contributed by atoms with Crippen molar-refractivity contribution in [2.75, 3.05) is 18.9 Å². The smallest absolute Gasteiger partial charge is 0.261 e. The number of ether oxygens (including phenoxy) is 1. The van der Waals surface area contributed by atoms with Gasteiger partial charge in [-0.1, -0.05) is 12.1 Å². The highest BCUT2D eigenvalue weighted by Crippen LogP contribution is 2.40. The number of pyridine rings is 1. The van der Waals surface area contributed by atoms with Gasteiger partial charge in [-0.25, -0.2) is 4.98 Å². The fraction of sp³-hybridized carbons (Fsp3) is 0.179. The monoisotopic (exact) mass is 504 g/mol. The molecule has 5 heterocycles. The van der Waals surface area contributed by atoms with E-state index < -0.39 is 0 Å². The van der Waals surface area contributed by atoms with E-state index in [2.05, 4.69) is 25.3 Å². The number of benzene rings is 2. The normalized spacial score (nSPS) is 14.4. The van der Waals surface area contributed by atoms with Crippen LogP contribution in [-0.4, -0.2) is 48.1 Å². The Morgan fingerprint density at radius 2 is 1.84 bits per heavy atom. The van der Waals surface area contributed by atoms with Crippen molar-refractivity contribution in [2.45, 2.75) is 18.9 Å². The third-order valence-electron chi connectivity index (χ3n) is 7.23. The Bertz CT molecular complexity index is 1850. The standard InChI is InChI=1S/C28H24N8O2/c29-25-21(19-2-1-3-23-22(19)14-31-35-23)12-20(17-13-32-36(15-17)18-6-10-38-11-7-18)26-24(25)28(37)34-27(33-26)16-4-8-30-9-5-16/h1-5,8-9,12-15,18H,6-7,10-11,29H2,(H,31,35)(H,33,34,37). The molecule has 2 aromatic carbocycles. The number of anilines is 1. The molecule has 1 saturated heterocycles. The first-order valence-electron chi connectivity index (χ1n) is 12.5. The number of nitrogens with zero attached hydrogens (tertiary/aromatic N) is 5. The average molecular weight is 505 g/mol. The summed E-state index contributed by atoms with van der Waals surface area (Å²) in [5.74, 6) is 0.451. The van der Waals surface area contributed by atoms with Crippen LogP contribution >= 0.6 is 0 Å². The van der Waals surface area contributed by atoms with Gasteiger partial charge in [0.05, 0.1) is 40.5 Å². The first-order chi connectivity index (χ1) is 18.7. The Morgan fingerprint density at radius 3 is 2.68 bits per heavy atom. The second kappa shape index (κ2) is 8.93. The SMILES string of the molecule is Nc1c(-c2cccc3[nH]ncc23)cc(-c2cnn(C3CCOCC3)c2)c2nc(-c3ccncc3)[nH]c(=O)c12. The molecule has 7 rings (SSSR count). The highest BCUT2D eigenvalue weighted by Gasteiger charge is 2.22. The first-order valence-corrected chi connectivity index (χ1v) is 12.5. The van der Waals surface area contributed by atoms with Gasteiger partial charge in [0.15, 0.2) is 0 Å². The summed E-state index contributed by atoms with van der Waals surface area (Å²) in [6, 6.07) is 11.8. The minimum absolute atomic E-state index is 0.264. The Kier molecular flexibility index (Phi) is 5.26. The molecule has 10 nitrogen and oxygen atoms in total. The average Bonchev–Trinajstić information content (AvgIpc) is 3.64. The van der Waals surface area contributed by atoms with Crippen molar-refractivity contribution in [3.63, 3.8) is 0 Å². The maximum absolute atomic E-state index is 13.6. The van der Waals surface area contributed by atoms with E-state index in [0.717, 1.165) is 64.8 Å². The van der Waals surface area contributed by atoms with E-state index in [-0.39, 0.29) is 11.6 Å². The predicted octanol–water partition coefficient (Wildman–Crippen LogP) is 4.33. The third-order valence-corrected chi connectivity index (χ3v) is 7.23. The zero-order valence-corrected chi connectivity index (χ0v) is 20.4. The molecule has 188 valence electrons. The fourth-order valence-corrected chi connectivity index (χ4v) is 5.26. The predicted molar refractivity (Wildman–Crippen MR) is 145 cm³/mol. The summed E-state index contributed by atoms with van der Waals surface area (Å²) in [5.41, 5.74) is 12.2. The van der Waals surface area contributed by atoms with E-state index in [0.29, 0.717) is 22.4 Å². The molecule has 1 fully saturated rings. The van der Waals surface area contributed by atoms with Crippen LogP contribution in [0.4, 0.5) is 5.69 Å². The number of H-pyrrole nitrogens is 2. The van der Waals surface area contributed by atoms with Crippen molar-refractivity contribution < 1.29 is 4.74 Å². The summed E-state index contributed by atoms with van der Waals surface area (Å²) in [6.07, 6.45) is 10.8. The summed E-state index contributed by atoms with van der Waals surface area (Å²) >= 11 is 0. The summed E-state index contributed by atoms with van der Waals surface area (Å²) < 4.78 is 7.52. The largest absolute Gasteiger partial charge is 0.398 e. The van der Waals surface area contributed by atoms with Crippen LogP contribution in [-0.2, 0) is 4.74 Å². The van der Waals surface area contributed by atoms with E-state index in [9.17, 15) is 4.79 Å². The van der Waals surface area contributed by atoms with Gasteiger partial charge in [-0.05, 0) is 42.7 Å². The number of rotatable bonds is 4. The van der Waals surface area contributed by atoms with Crippen molar-refractivity contribution in [1.29, 1.82) is 0 Å². The van der Waals surface area contributed by atoms with Crippen molar-refractivity contribution in [3.05, 3.63) is 77.7 Å². The van der Waals surface area contributed by atoms with Gasteiger partial charge in [0.2, 0.25) is 0 Å². The highest BCUT2D eigenvalue weighted by molar-refractivity contribution is 6.09. The lowest BCUT2D eigenvalue weighted by Gasteiger charge is -2.22. The van der Waals surface area contributed by atoms with E-state index in [1.54, 1.807) is 18.6 Å². The van der Waals surface area contributed by atoms with Crippen LogP contribution < -0.4 is 11.3 Å². The van der Waals surface area contributed by atoms with E-state index in [4.69, 9.17) is 15.5 Å². The van der Waals surface area contributed by atoms with Gasteiger partial charge in [-0.15, -0.1) is 0 Å². The molecule has 0 atom stereocenters. The van der Waals surface area contributed by atoms with Gasteiger partial charge >= 0.3 is 0 Å². The van der Waals surface area contributed by atoms with Crippen molar-refractivity contribution in [1.82, 2.24) is 34.9 Å². The van der Waals surface area contributed by atoms with E-state index >= 15 is 0 Å². The maximum atomic E-state index is 13.6. The Hall–Kier alpha value is -4.83. The molecule has 1 aliphatic rings. The Labute approximate surface area is 216 Å². The molecular formula is C28H24N8O2. The second-order valence-electron chi connectivity index (χ2n) is 9.45. The number of nitrogens with two attached hydrogens (primary N) is 1. The zero-order chi connectivity index (χ0) is 25.6. The summed E-state index contributed by atoms with van der Waals surface area (Å²) in [4.78, 5) is 25.5. The molecule has 0 spiro atoms. The summed E-state index contributed by atoms with van der Waals surface area (Å²) in [6.45, 7) is 1.44. The minimum atomic E-state index is -0.307. The van der Waals surface area contributed by atoms with Crippen LogP contribution in [0.5, 0.6) is 0 Å². The summed E-state index contributed by atoms with van der Waals surface area (Å²) in [7, 11) is 0.